The van der Waals surface area contributed by atoms with Crippen LogP contribution in [0.3, 0.4) is 0 Å². The van der Waals surface area contributed by atoms with E-state index in [0.29, 0.717) is 36.5 Å². The molecule has 31 heavy (non-hydrogen) atoms. The Kier molecular flexibility index (Phi) is 5.40. The van der Waals surface area contributed by atoms with E-state index < -0.39 is 6.17 Å². The molecular weight excluding hydrogens is 397 g/mol. The van der Waals surface area contributed by atoms with Crippen molar-refractivity contribution >= 4 is 22.6 Å². The van der Waals surface area contributed by atoms with Crippen LogP contribution in [0.1, 0.15) is 31.6 Å². The fraction of sp³-hybridized carbons (Fsp3) is 0.478. The SMILES string of the molecule is Cc1ncc(-c2cnc3cnc(NC(=O)[C@H]4CC[C@H](CN5CC(F)C5)CC4)cc3c2)o1. The third-order valence-corrected chi connectivity index (χ3v) is 6.37. The van der Waals surface area contributed by atoms with E-state index in [0.717, 1.165) is 48.7 Å². The number of aryl methyl sites for hydroxylation is 1. The van der Waals surface area contributed by atoms with Crippen LogP contribution >= 0.6 is 0 Å². The molecule has 162 valence electrons. The number of likely N-dealkylation sites (tertiary alicyclic amines) is 1. The zero-order valence-corrected chi connectivity index (χ0v) is 17.6. The summed E-state index contributed by atoms with van der Waals surface area (Å²) in [4.78, 5) is 27.9. The maximum Gasteiger partial charge on any atom is 0.228 e. The van der Waals surface area contributed by atoms with Gasteiger partial charge in [0.1, 0.15) is 12.0 Å². The highest BCUT2D eigenvalue weighted by Crippen LogP contribution is 2.31. The molecule has 1 amide bonds. The molecule has 4 heterocycles. The number of pyridine rings is 2. The van der Waals surface area contributed by atoms with Gasteiger partial charge in [-0.15, -0.1) is 0 Å². The van der Waals surface area contributed by atoms with Crippen molar-refractivity contribution < 1.29 is 13.6 Å². The molecule has 3 aromatic rings. The number of hydrogen-bond acceptors (Lipinski definition) is 6. The van der Waals surface area contributed by atoms with Crippen LogP contribution in [0.15, 0.2) is 35.1 Å². The van der Waals surface area contributed by atoms with Gasteiger partial charge in [-0.2, -0.15) is 0 Å². The van der Waals surface area contributed by atoms with Crippen LogP contribution in [0.2, 0.25) is 0 Å². The van der Waals surface area contributed by atoms with Gasteiger partial charge in [-0.3, -0.25) is 14.7 Å². The Morgan fingerprint density at radius 2 is 1.94 bits per heavy atom. The summed E-state index contributed by atoms with van der Waals surface area (Å²) in [5.41, 5.74) is 1.58. The van der Waals surface area contributed by atoms with Crippen molar-refractivity contribution in [1.29, 1.82) is 0 Å². The van der Waals surface area contributed by atoms with E-state index in [-0.39, 0.29) is 11.8 Å². The molecule has 0 atom stereocenters. The van der Waals surface area contributed by atoms with Crippen LogP contribution in [-0.4, -0.2) is 51.6 Å². The standard InChI is InChI=1S/C23H26FN5O2/c1-14-25-10-21(31-14)18-6-17-7-22(27-9-20(17)26-8-18)28-23(30)16-4-2-15(3-5-16)11-29-12-19(24)13-29/h6-10,15-16,19H,2-5,11-13H2,1H3,(H,27,28,30)/t15-,16-. The maximum atomic E-state index is 13.0. The van der Waals surface area contributed by atoms with Crippen LogP contribution in [0.4, 0.5) is 10.2 Å². The summed E-state index contributed by atoms with van der Waals surface area (Å²) in [5, 5.41) is 3.85. The number of rotatable bonds is 5. The van der Waals surface area contributed by atoms with Gasteiger partial charge in [0.25, 0.3) is 0 Å². The molecule has 0 radical (unpaired) electrons. The Hall–Kier alpha value is -2.87. The Bertz CT molecular complexity index is 1090. The first-order valence-electron chi connectivity index (χ1n) is 10.9. The number of fused-ring (bicyclic) bond motifs is 1. The number of amides is 1. The predicted molar refractivity (Wildman–Crippen MR) is 115 cm³/mol. The largest absolute Gasteiger partial charge is 0.441 e. The zero-order chi connectivity index (χ0) is 21.4. The van der Waals surface area contributed by atoms with E-state index in [2.05, 4.69) is 25.2 Å². The molecule has 1 saturated carbocycles. The van der Waals surface area contributed by atoms with Crippen LogP contribution < -0.4 is 5.32 Å². The third-order valence-electron chi connectivity index (χ3n) is 6.37. The summed E-state index contributed by atoms with van der Waals surface area (Å²) >= 11 is 0. The topological polar surface area (TPSA) is 84.2 Å². The number of nitrogens with one attached hydrogen (secondary N) is 1. The predicted octanol–water partition coefficient (Wildman–Crippen LogP) is 3.99. The molecule has 1 N–H and O–H groups in total. The lowest BCUT2D eigenvalue weighted by molar-refractivity contribution is -0.121. The normalized spacial score (nSPS) is 22.4. The molecule has 2 fully saturated rings. The van der Waals surface area contributed by atoms with Gasteiger partial charge in [0, 0.05) is 49.6 Å². The first-order chi connectivity index (χ1) is 15.0. The summed E-state index contributed by atoms with van der Waals surface area (Å²) < 4.78 is 18.6. The third kappa shape index (κ3) is 4.44. The van der Waals surface area contributed by atoms with Crippen molar-refractivity contribution in [2.75, 3.05) is 25.0 Å². The number of carbonyl (C=O) groups excluding carboxylic acids is 1. The maximum absolute atomic E-state index is 13.0. The molecule has 0 aromatic carbocycles. The molecular formula is C23H26FN5O2. The molecule has 0 unspecified atom stereocenters. The summed E-state index contributed by atoms with van der Waals surface area (Å²) in [7, 11) is 0. The molecule has 2 aliphatic rings. The van der Waals surface area contributed by atoms with Crippen molar-refractivity contribution in [3.8, 4) is 11.3 Å². The van der Waals surface area contributed by atoms with Crippen molar-refractivity contribution in [3.63, 3.8) is 0 Å². The Morgan fingerprint density at radius 1 is 1.13 bits per heavy atom. The lowest BCUT2D eigenvalue weighted by atomic mass is 9.81. The highest BCUT2D eigenvalue weighted by atomic mass is 19.1. The van der Waals surface area contributed by atoms with Crippen LogP contribution in [0.25, 0.3) is 22.2 Å². The number of alkyl halides is 1. The number of hydrogen-bond donors (Lipinski definition) is 1. The second kappa shape index (κ2) is 8.34. The van der Waals surface area contributed by atoms with E-state index >= 15 is 0 Å². The minimum Gasteiger partial charge on any atom is -0.441 e. The average Bonchev–Trinajstić information content (AvgIpc) is 3.19. The average molecular weight is 423 g/mol. The highest BCUT2D eigenvalue weighted by molar-refractivity contribution is 5.94. The Balaban J connectivity index is 1.21. The summed E-state index contributed by atoms with van der Waals surface area (Å²) in [5.74, 6) is 2.38. The lowest BCUT2D eigenvalue weighted by Gasteiger charge is -2.38. The van der Waals surface area contributed by atoms with Gasteiger partial charge < -0.3 is 9.73 Å². The molecule has 0 spiro atoms. The number of carbonyl (C=O) groups is 1. The van der Waals surface area contributed by atoms with Gasteiger partial charge in [0.05, 0.1) is 17.9 Å². The van der Waals surface area contributed by atoms with Crippen LogP contribution in [-0.2, 0) is 4.79 Å². The van der Waals surface area contributed by atoms with Crippen LogP contribution in [0, 0.1) is 18.8 Å². The van der Waals surface area contributed by atoms with Gasteiger partial charge in [0.2, 0.25) is 5.91 Å². The molecule has 5 rings (SSSR count). The van der Waals surface area contributed by atoms with Crippen molar-refractivity contribution in [2.45, 2.75) is 38.8 Å². The molecule has 0 bridgehead atoms. The number of oxazole rings is 1. The minimum absolute atomic E-state index is 0.000638. The van der Waals surface area contributed by atoms with Gasteiger partial charge in [-0.1, -0.05) is 0 Å². The van der Waals surface area contributed by atoms with Gasteiger partial charge in [-0.05, 0) is 43.7 Å². The monoisotopic (exact) mass is 423 g/mol. The van der Waals surface area contributed by atoms with E-state index in [9.17, 15) is 9.18 Å². The van der Waals surface area contributed by atoms with Gasteiger partial charge >= 0.3 is 0 Å². The smallest absolute Gasteiger partial charge is 0.228 e. The summed E-state index contributed by atoms with van der Waals surface area (Å²) in [6, 6.07) is 3.80. The molecule has 3 aromatic heterocycles. The highest BCUT2D eigenvalue weighted by Gasteiger charge is 2.31. The number of halogens is 1. The van der Waals surface area contributed by atoms with Gasteiger partial charge in [-0.25, -0.2) is 14.4 Å². The summed E-state index contributed by atoms with van der Waals surface area (Å²) in [6.45, 7) is 3.90. The molecule has 8 heteroatoms. The van der Waals surface area contributed by atoms with Crippen molar-refractivity contribution in [2.24, 2.45) is 11.8 Å². The second-order valence-corrected chi connectivity index (χ2v) is 8.75. The number of anilines is 1. The molecule has 1 aliphatic heterocycles. The fourth-order valence-corrected chi connectivity index (χ4v) is 4.59. The van der Waals surface area contributed by atoms with E-state index in [1.807, 2.05) is 12.1 Å². The fourth-order valence-electron chi connectivity index (χ4n) is 4.59. The zero-order valence-electron chi connectivity index (χ0n) is 17.6. The van der Waals surface area contributed by atoms with Crippen LogP contribution in [0.5, 0.6) is 0 Å². The lowest BCUT2D eigenvalue weighted by Crippen LogP contribution is -2.50. The molecule has 1 saturated heterocycles. The first-order valence-corrected chi connectivity index (χ1v) is 10.9. The Labute approximate surface area is 180 Å². The quantitative estimate of drug-likeness (QED) is 0.668. The van der Waals surface area contributed by atoms with E-state index in [1.165, 1.54) is 0 Å². The Morgan fingerprint density at radius 3 is 2.65 bits per heavy atom. The number of aromatic nitrogens is 3. The molecule has 7 nitrogen and oxygen atoms in total. The molecule has 1 aliphatic carbocycles. The van der Waals surface area contributed by atoms with Crippen molar-refractivity contribution in [1.82, 2.24) is 19.9 Å². The summed E-state index contributed by atoms with van der Waals surface area (Å²) in [6.07, 6.45) is 8.19. The van der Waals surface area contributed by atoms with E-state index in [1.54, 1.807) is 25.5 Å². The van der Waals surface area contributed by atoms with E-state index in [4.69, 9.17) is 4.42 Å². The van der Waals surface area contributed by atoms with Crippen molar-refractivity contribution in [3.05, 3.63) is 36.6 Å². The first kappa shape index (κ1) is 20.1. The number of nitrogens with zero attached hydrogens (tertiary/aromatic N) is 4. The van der Waals surface area contributed by atoms with Gasteiger partial charge in [0.15, 0.2) is 11.7 Å². The second-order valence-electron chi connectivity index (χ2n) is 8.75. The minimum atomic E-state index is -0.650.